The molecule has 0 unspecified atom stereocenters. The van der Waals surface area contributed by atoms with Crippen molar-refractivity contribution in [2.75, 3.05) is 85.6 Å². The van der Waals surface area contributed by atoms with Gasteiger partial charge in [0.25, 0.3) is 12.3 Å². The Bertz CT molecular complexity index is 3420. The number of nitrogens with one attached hydrogen (secondary N) is 5. The van der Waals surface area contributed by atoms with Crippen molar-refractivity contribution in [1.29, 1.82) is 0 Å². The summed E-state index contributed by atoms with van der Waals surface area (Å²) in [4.78, 5) is 68.5. The molecule has 4 amide bonds. The van der Waals surface area contributed by atoms with Crippen LogP contribution in [0, 0.1) is 26.2 Å². The van der Waals surface area contributed by atoms with E-state index in [0.717, 1.165) is 80.5 Å². The molecule has 8 rings (SSSR count). The number of carbonyl (C=O) groups is 4. The fourth-order valence-corrected chi connectivity index (χ4v) is 12.0. The molecule has 0 spiro atoms. The summed E-state index contributed by atoms with van der Waals surface area (Å²) in [5.41, 5.74) is 7.23. The first-order valence-corrected chi connectivity index (χ1v) is 31.1. The molecule has 1 fully saturated rings. The number of ether oxygens (including phenoxy) is 4. The van der Waals surface area contributed by atoms with E-state index in [1.807, 2.05) is 58.5 Å². The van der Waals surface area contributed by atoms with Crippen LogP contribution in [0.3, 0.4) is 0 Å². The Labute approximate surface area is 513 Å². The zero-order valence-corrected chi connectivity index (χ0v) is 52.4. The van der Waals surface area contributed by atoms with E-state index < -0.39 is 18.4 Å². The monoisotopic (exact) mass is 1240 g/mol. The smallest absolute Gasteiger partial charge is 0.290 e. The highest BCUT2D eigenvalue weighted by molar-refractivity contribution is 7.15. The first kappa shape index (κ1) is 65.6. The molecule has 6 heterocycles. The van der Waals surface area contributed by atoms with Crippen molar-refractivity contribution >= 4 is 74.6 Å². The van der Waals surface area contributed by atoms with Crippen molar-refractivity contribution in [2.45, 2.75) is 112 Å². The Balaban J connectivity index is 0.665. The normalized spacial score (nSPS) is 15.8. The highest BCUT2D eigenvalue weighted by atomic mass is 35.5. The minimum atomic E-state index is -2.68. The van der Waals surface area contributed by atoms with Crippen molar-refractivity contribution in [3.63, 3.8) is 0 Å². The van der Waals surface area contributed by atoms with Gasteiger partial charge in [-0.1, -0.05) is 57.2 Å². The van der Waals surface area contributed by atoms with Crippen molar-refractivity contribution in [3.05, 3.63) is 126 Å². The molecule has 0 aliphatic carbocycles. The van der Waals surface area contributed by atoms with Crippen LogP contribution in [-0.4, -0.2) is 156 Å². The summed E-state index contributed by atoms with van der Waals surface area (Å²) < 4.78 is 53.2. The van der Waals surface area contributed by atoms with Crippen LogP contribution < -0.4 is 26.9 Å². The maximum atomic E-state index is 13.4. The summed E-state index contributed by atoms with van der Waals surface area (Å²) in [6.45, 7) is 24.3. The number of thiophene rings is 2. The molecule has 0 radical (unpaired) electrons. The molecular formula is C61H79ClF2N12O8S2. The maximum Gasteiger partial charge on any atom is 0.290 e. The first-order chi connectivity index (χ1) is 41.2. The topological polar surface area (TPSA) is 233 Å². The minimum Gasteiger partial charge on any atom is -0.379 e. The van der Waals surface area contributed by atoms with Crippen molar-refractivity contribution in [1.82, 2.24) is 50.5 Å². The standard InChI is InChI=1S/C61H79ClF2N12O8S2/c1-37(35-74-23-9-10-45(74)36-75-48-16-11-42(34-68-40(4)61(6,7)8)32-46(48)70-60(75)71-58(80)50-18-17-49(86-50)55(63)64)57(79)67-21-20-65-51(77)19-24-81-26-28-83-30-31-84-29-27-82-25-22-66-52(78)33-47-56-73-72-41(5)76(56)59-53(38(2)39(3)85-59)54(69-47)43-12-14-44(62)15-13-43/h11-18,32,40,45,47,55,68H,1,9-10,19-31,33-36H2,2-8H3,(H,65,77)(H,66,78)(H,67,79)(H,70,71,80)/t40-,45+,47+/m0/s1. The quantitative estimate of drug-likeness (QED) is 0.0205. The van der Waals surface area contributed by atoms with Crippen LogP contribution >= 0.6 is 34.3 Å². The van der Waals surface area contributed by atoms with Gasteiger partial charge in [-0.2, -0.15) is 4.99 Å². The summed E-state index contributed by atoms with van der Waals surface area (Å²) in [6.07, 6.45) is -0.737. The molecule has 2 aliphatic heterocycles. The first-order valence-electron chi connectivity index (χ1n) is 29.1. The third-order valence-corrected chi connectivity index (χ3v) is 17.8. The zero-order chi connectivity index (χ0) is 61.5. The second-order valence-corrected chi connectivity index (χ2v) is 25.2. The van der Waals surface area contributed by atoms with E-state index in [0.29, 0.717) is 94.5 Å². The Morgan fingerprint density at radius 2 is 1.55 bits per heavy atom. The van der Waals surface area contributed by atoms with Crippen molar-refractivity contribution in [2.24, 2.45) is 15.4 Å². The van der Waals surface area contributed by atoms with Gasteiger partial charge in [0.15, 0.2) is 5.82 Å². The SMILES string of the molecule is C=C(CN1CCC[C@@H]1Cn1/c(=N/C(=O)c2ccc(C(F)F)s2)[nH]c2cc(CN[C@@H](C)C(C)(C)C)ccc21)C(=O)NCCNC(=O)CCOCCOCCOCCOCCNC(=O)C[C@H]1N=C(c2ccc(Cl)cc2)c2c(sc(C)c2C)-n2c(C)nnc21. The summed E-state index contributed by atoms with van der Waals surface area (Å²) in [5.74, 6) is 0.00395. The van der Waals surface area contributed by atoms with E-state index in [1.54, 1.807) is 11.3 Å². The molecule has 0 bridgehead atoms. The predicted octanol–water partition coefficient (Wildman–Crippen LogP) is 8.26. The van der Waals surface area contributed by atoms with Crippen LogP contribution in [0.15, 0.2) is 76.7 Å². The second-order valence-electron chi connectivity index (χ2n) is 22.4. The number of fused-ring (bicyclic) bond motifs is 4. The summed E-state index contributed by atoms with van der Waals surface area (Å²) in [6, 6.07) is 15.9. The van der Waals surface area contributed by atoms with E-state index in [1.165, 1.54) is 17.0 Å². The molecule has 464 valence electrons. The van der Waals surface area contributed by atoms with Gasteiger partial charge in [0.1, 0.15) is 16.9 Å². The number of hydrogen-bond donors (Lipinski definition) is 5. The molecule has 2 aliphatic rings. The zero-order valence-electron chi connectivity index (χ0n) is 50.0. The van der Waals surface area contributed by atoms with Crippen molar-refractivity contribution < 1.29 is 46.9 Å². The van der Waals surface area contributed by atoms with Gasteiger partial charge in [-0.05, 0) is 100 Å². The predicted molar refractivity (Wildman–Crippen MR) is 330 cm³/mol. The molecule has 5 N–H and O–H groups in total. The Kier molecular flexibility index (Phi) is 23.7. The molecule has 25 heteroatoms. The number of benzene rings is 2. The van der Waals surface area contributed by atoms with E-state index in [9.17, 15) is 28.0 Å². The van der Waals surface area contributed by atoms with E-state index in [2.05, 4.69) is 94.5 Å². The summed E-state index contributed by atoms with van der Waals surface area (Å²) in [5, 5.41) is 22.6. The molecule has 1 saturated heterocycles. The number of H-pyrrole nitrogens is 1. The molecule has 3 atom stereocenters. The highest BCUT2D eigenvalue weighted by Gasteiger charge is 2.33. The van der Waals surface area contributed by atoms with Crippen LogP contribution in [-0.2, 0) is 46.4 Å². The molecule has 6 aromatic rings. The fraction of sp³-hybridized carbons (Fsp3) is 0.508. The van der Waals surface area contributed by atoms with Crippen LogP contribution in [0.2, 0.25) is 5.02 Å². The Morgan fingerprint density at radius 3 is 2.24 bits per heavy atom. The third kappa shape index (κ3) is 17.7. The number of hydrogen-bond acceptors (Lipinski definition) is 15. The van der Waals surface area contributed by atoms with E-state index in [4.69, 9.17) is 35.5 Å². The Hall–Kier alpha value is -6.35. The number of aromatic amines is 1. The van der Waals surface area contributed by atoms with Crippen molar-refractivity contribution in [3.8, 4) is 5.00 Å². The van der Waals surface area contributed by atoms with Gasteiger partial charge in [-0.15, -0.1) is 32.9 Å². The summed E-state index contributed by atoms with van der Waals surface area (Å²) in [7, 11) is 0. The number of aliphatic imine (C=N–C) groups is 1. The van der Waals surface area contributed by atoms with Gasteiger partial charge in [0.05, 0.1) is 85.8 Å². The number of likely N-dealkylation sites (tertiary alicyclic amines) is 1. The lowest BCUT2D eigenvalue weighted by Gasteiger charge is -2.28. The van der Waals surface area contributed by atoms with Gasteiger partial charge >= 0.3 is 0 Å². The number of carbonyl (C=O) groups excluding carboxylic acids is 4. The molecule has 0 saturated carbocycles. The molecule has 20 nitrogen and oxygen atoms in total. The minimum absolute atomic E-state index is 0.0198. The van der Waals surface area contributed by atoms with Crippen LogP contribution in [0.1, 0.15) is 119 Å². The lowest BCUT2D eigenvalue weighted by molar-refractivity contribution is -0.123. The number of rotatable bonds is 31. The van der Waals surface area contributed by atoms with Crippen LogP contribution in [0.25, 0.3) is 16.0 Å². The number of imidazole rings is 1. The number of aryl methyl sites for hydroxylation is 2. The number of alkyl halides is 2. The Morgan fingerprint density at radius 1 is 0.860 bits per heavy atom. The maximum absolute atomic E-state index is 13.4. The van der Waals surface area contributed by atoms with Gasteiger partial charge in [0, 0.05) is 84.4 Å². The number of halogens is 3. The number of aromatic nitrogens is 5. The molecule has 86 heavy (non-hydrogen) atoms. The lowest BCUT2D eigenvalue weighted by Crippen LogP contribution is -2.40. The summed E-state index contributed by atoms with van der Waals surface area (Å²) >= 11 is 8.63. The third-order valence-electron chi connectivity index (χ3n) is 15.3. The van der Waals surface area contributed by atoms with Crippen LogP contribution in [0.5, 0.6) is 0 Å². The molecule has 4 aromatic heterocycles. The molecule has 2 aromatic carbocycles. The largest absolute Gasteiger partial charge is 0.379 e. The van der Waals surface area contributed by atoms with Gasteiger partial charge in [-0.3, -0.25) is 33.6 Å². The molecular weight excluding hydrogens is 1170 g/mol. The average molecular weight is 1250 g/mol. The fourth-order valence-electron chi connectivity index (χ4n) is 9.92. The van der Waals surface area contributed by atoms with Gasteiger partial charge in [0.2, 0.25) is 23.3 Å². The van der Waals surface area contributed by atoms with Crippen LogP contribution in [0.4, 0.5) is 8.78 Å². The lowest BCUT2D eigenvalue weighted by atomic mass is 9.88. The van der Waals surface area contributed by atoms with Gasteiger partial charge < -0.3 is 49.8 Å². The average Bonchev–Trinajstić information content (AvgIpc) is 1.74. The highest BCUT2D eigenvalue weighted by Crippen LogP contribution is 2.40. The second kappa shape index (κ2) is 31.0. The number of nitrogens with zero attached hydrogens (tertiary/aromatic N) is 7. The number of amides is 4. The van der Waals surface area contributed by atoms with E-state index >= 15 is 0 Å². The van der Waals surface area contributed by atoms with Gasteiger partial charge in [-0.25, -0.2) is 8.78 Å². The van der Waals surface area contributed by atoms with E-state index in [-0.39, 0.29) is 77.5 Å².